The third-order valence-corrected chi connectivity index (χ3v) is 2.75. The molecule has 1 rings (SSSR count). The third-order valence-electron chi connectivity index (χ3n) is 2.75. The topological polar surface area (TPSA) is 54.0 Å². The Morgan fingerprint density at radius 3 is 3.00 bits per heavy atom. The van der Waals surface area contributed by atoms with E-state index in [1.54, 1.807) is 0 Å². The van der Waals surface area contributed by atoms with Crippen LogP contribution in [0.25, 0.3) is 0 Å². The standard InChI is InChI=1S/C12H26N2O3/c1-14(2)6-5-13-8-11(15)9-16-10-12-4-3-7-17-12/h11-13,15H,3-10H2,1-2H3. The largest absolute Gasteiger partial charge is 0.389 e. The van der Waals surface area contributed by atoms with E-state index in [1.165, 1.54) is 0 Å². The van der Waals surface area contributed by atoms with Gasteiger partial charge in [0.2, 0.25) is 0 Å². The molecule has 0 saturated carbocycles. The lowest BCUT2D eigenvalue weighted by Gasteiger charge is -2.15. The fourth-order valence-corrected chi connectivity index (χ4v) is 1.74. The highest BCUT2D eigenvalue weighted by atomic mass is 16.5. The van der Waals surface area contributed by atoms with Crippen LogP contribution in [0.3, 0.4) is 0 Å². The molecular formula is C12H26N2O3. The third kappa shape index (κ3) is 7.68. The van der Waals surface area contributed by atoms with E-state index >= 15 is 0 Å². The molecule has 1 fully saturated rings. The number of likely N-dealkylation sites (N-methyl/N-ethyl adjacent to an activating group) is 1. The van der Waals surface area contributed by atoms with Crippen molar-refractivity contribution in [2.75, 3.05) is 53.6 Å². The highest BCUT2D eigenvalue weighted by Gasteiger charge is 2.15. The predicted molar refractivity (Wildman–Crippen MR) is 67.2 cm³/mol. The quantitative estimate of drug-likeness (QED) is 0.547. The van der Waals surface area contributed by atoms with Gasteiger partial charge in [-0.05, 0) is 26.9 Å². The summed E-state index contributed by atoms with van der Waals surface area (Å²) in [4.78, 5) is 2.10. The lowest BCUT2D eigenvalue weighted by Crippen LogP contribution is -2.35. The number of aliphatic hydroxyl groups excluding tert-OH is 1. The summed E-state index contributed by atoms with van der Waals surface area (Å²) < 4.78 is 10.9. The second-order valence-electron chi connectivity index (χ2n) is 4.83. The van der Waals surface area contributed by atoms with Gasteiger partial charge in [0.1, 0.15) is 0 Å². The Bertz CT molecular complexity index is 185. The zero-order valence-corrected chi connectivity index (χ0v) is 11.0. The molecular weight excluding hydrogens is 220 g/mol. The van der Waals surface area contributed by atoms with Crippen LogP contribution in [0.1, 0.15) is 12.8 Å². The summed E-state index contributed by atoms with van der Waals surface area (Å²) in [6.45, 7) is 4.28. The van der Waals surface area contributed by atoms with Gasteiger partial charge in [0.05, 0.1) is 25.4 Å². The van der Waals surface area contributed by atoms with Crippen LogP contribution in [-0.2, 0) is 9.47 Å². The van der Waals surface area contributed by atoms with Gasteiger partial charge in [-0.1, -0.05) is 0 Å². The summed E-state index contributed by atoms with van der Waals surface area (Å²) in [6, 6.07) is 0. The molecule has 0 aliphatic carbocycles. The molecule has 2 unspecified atom stereocenters. The molecule has 1 saturated heterocycles. The summed E-state index contributed by atoms with van der Waals surface area (Å²) in [5.74, 6) is 0. The lowest BCUT2D eigenvalue weighted by atomic mass is 10.2. The molecule has 2 atom stereocenters. The summed E-state index contributed by atoms with van der Waals surface area (Å²) in [7, 11) is 4.06. The van der Waals surface area contributed by atoms with E-state index in [4.69, 9.17) is 9.47 Å². The molecule has 1 heterocycles. The van der Waals surface area contributed by atoms with Gasteiger partial charge in [0.15, 0.2) is 0 Å². The molecule has 0 aromatic heterocycles. The van der Waals surface area contributed by atoms with E-state index in [1.807, 2.05) is 14.1 Å². The van der Waals surface area contributed by atoms with E-state index in [-0.39, 0.29) is 6.10 Å². The SMILES string of the molecule is CN(C)CCNCC(O)COCC1CCCO1. The molecule has 1 aliphatic heterocycles. The van der Waals surface area contributed by atoms with Gasteiger partial charge in [-0.25, -0.2) is 0 Å². The number of hydrogen-bond donors (Lipinski definition) is 2. The maximum Gasteiger partial charge on any atom is 0.0897 e. The molecule has 0 amide bonds. The smallest absolute Gasteiger partial charge is 0.0897 e. The van der Waals surface area contributed by atoms with Crippen molar-refractivity contribution in [3.63, 3.8) is 0 Å². The van der Waals surface area contributed by atoms with Crippen molar-refractivity contribution in [1.82, 2.24) is 10.2 Å². The second kappa shape index (κ2) is 8.83. The summed E-state index contributed by atoms with van der Waals surface area (Å²) in [6.07, 6.45) is 2.02. The minimum atomic E-state index is -0.432. The van der Waals surface area contributed by atoms with Gasteiger partial charge in [0.25, 0.3) is 0 Å². The maximum atomic E-state index is 9.65. The number of ether oxygens (including phenoxy) is 2. The Labute approximate surface area is 104 Å². The molecule has 0 spiro atoms. The average Bonchev–Trinajstić information content (AvgIpc) is 2.77. The Kier molecular flexibility index (Phi) is 7.72. The van der Waals surface area contributed by atoms with Crippen LogP contribution in [0, 0.1) is 0 Å². The highest BCUT2D eigenvalue weighted by molar-refractivity contribution is 4.65. The summed E-state index contributed by atoms with van der Waals surface area (Å²) >= 11 is 0. The molecule has 5 nitrogen and oxygen atoms in total. The van der Waals surface area contributed by atoms with Gasteiger partial charge in [-0.2, -0.15) is 0 Å². The van der Waals surface area contributed by atoms with Crippen LogP contribution in [0.4, 0.5) is 0 Å². The maximum absolute atomic E-state index is 9.65. The van der Waals surface area contributed by atoms with Crippen molar-refractivity contribution in [2.45, 2.75) is 25.0 Å². The van der Waals surface area contributed by atoms with Crippen LogP contribution >= 0.6 is 0 Å². The minimum absolute atomic E-state index is 0.240. The van der Waals surface area contributed by atoms with Crippen molar-refractivity contribution in [3.8, 4) is 0 Å². The van der Waals surface area contributed by atoms with Gasteiger partial charge >= 0.3 is 0 Å². The normalized spacial score (nSPS) is 22.2. The van der Waals surface area contributed by atoms with Crippen molar-refractivity contribution >= 4 is 0 Å². The van der Waals surface area contributed by atoms with Crippen molar-refractivity contribution in [2.24, 2.45) is 0 Å². The first-order chi connectivity index (χ1) is 8.18. The average molecular weight is 246 g/mol. The van der Waals surface area contributed by atoms with Crippen LogP contribution in [0.15, 0.2) is 0 Å². The molecule has 17 heavy (non-hydrogen) atoms. The number of aliphatic hydroxyl groups is 1. The van der Waals surface area contributed by atoms with E-state index in [9.17, 15) is 5.11 Å². The Morgan fingerprint density at radius 2 is 2.35 bits per heavy atom. The number of nitrogens with zero attached hydrogens (tertiary/aromatic N) is 1. The molecule has 102 valence electrons. The zero-order valence-electron chi connectivity index (χ0n) is 11.0. The Balaban J connectivity index is 1.88. The predicted octanol–water partition coefficient (Wildman–Crippen LogP) is -0.306. The highest BCUT2D eigenvalue weighted by Crippen LogP contribution is 2.11. The van der Waals surface area contributed by atoms with Gasteiger partial charge in [-0.15, -0.1) is 0 Å². The number of hydrogen-bond acceptors (Lipinski definition) is 5. The van der Waals surface area contributed by atoms with Crippen LogP contribution in [0.2, 0.25) is 0 Å². The van der Waals surface area contributed by atoms with Crippen molar-refractivity contribution in [3.05, 3.63) is 0 Å². The van der Waals surface area contributed by atoms with Crippen LogP contribution in [0.5, 0.6) is 0 Å². The van der Waals surface area contributed by atoms with E-state index in [0.717, 1.165) is 32.5 Å². The van der Waals surface area contributed by atoms with Crippen LogP contribution < -0.4 is 5.32 Å². The van der Waals surface area contributed by atoms with Crippen molar-refractivity contribution in [1.29, 1.82) is 0 Å². The minimum Gasteiger partial charge on any atom is -0.389 e. The monoisotopic (exact) mass is 246 g/mol. The summed E-state index contributed by atoms with van der Waals surface area (Å²) in [5.41, 5.74) is 0. The lowest BCUT2D eigenvalue weighted by molar-refractivity contribution is -0.0164. The summed E-state index contributed by atoms with van der Waals surface area (Å²) in [5, 5.41) is 12.8. The molecule has 0 radical (unpaired) electrons. The van der Waals surface area contributed by atoms with Gasteiger partial charge in [0, 0.05) is 26.2 Å². The molecule has 5 heteroatoms. The van der Waals surface area contributed by atoms with E-state index in [2.05, 4.69) is 10.2 Å². The Hall–Kier alpha value is -0.200. The van der Waals surface area contributed by atoms with Crippen LogP contribution in [-0.4, -0.2) is 75.8 Å². The Morgan fingerprint density at radius 1 is 1.53 bits per heavy atom. The molecule has 2 N–H and O–H groups in total. The van der Waals surface area contributed by atoms with Gasteiger partial charge in [-0.3, -0.25) is 0 Å². The number of nitrogens with one attached hydrogen (secondary N) is 1. The first kappa shape index (κ1) is 14.9. The van der Waals surface area contributed by atoms with E-state index < -0.39 is 6.10 Å². The van der Waals surface area contributed by atoms with Crippen molar-refractivity contribution < 1.29 is 14.6 Å². The molecule has 1 aliphatic rings. The molecule has 0 bridgehead atoms. The fourth-order valence-electron chi connectivity index (χ4n) is 1.74. The fraction of sp³-hybridized carbons (Fsp3) is 1.00. The van der Waals surface area contributed by atoms with E-state index in [0.29, 0.717) is 19.8 Å². The zero-order chi connectivity index (χ0) is 12.5. The second-order valence-corrected chi connectivity index (χ2v) is 4.83. The van der Waals surface area contributed by atoms with Gasteiger partial charge < -0.3 is 24.8 Å². The first-order valence-corrected chi connectivity index (χ1v) is 6.41. The molecule has 0 aromatic rings. The number of rotatable bonds is 9. The first-order valence-electron chi connectivity index (χ1n) is 6.41. The molecule has 0 aromatic carbocycles.